The van der Waals surface area contributed by atoms with E-state index >= 15 is 0 Å². The van der Waals surface area contributed by atoms with Crippen molar-refractivity contribution in [2.45, 2.75) is 32.5 Å². The molecule has 0 spiro atoms. The zero-order chi connectivity index (χ0) is 15.3. The Labute approximate surface area is 115 Å². The van der Waals surface area contributed by atoms with Gasteiger partial charge in [-0.05, 0) is 13.5 Å². The molecule has 1 aliphatic rings. The molecule has 116 valence electrons. The van der Waals surface area contributed by atoms with E-state index < -0.39 is 24.5 Å². The van der Waals surface area contributed by atoms with Crippen molar-refractivity contribution in [2.75, 3.05) is 26.2 Å². The summed E-state index contributed by atoms with van der Waals surface area (Å²) in [6.45, 7) is 3.51. The summed E-state index contributed by atoms with van der Waals surface area (Å²) >= 11 is 0. The van der Waals surface area contributed by atoms with Crippen molar-refractivity contribution >= 4 is 11.8 Å². The lowest BCUT2D eigenvalue weighted by Crippen LogP contribution is -2.42. The molecule has 1 aliphatic heterocycles. The number of likely N-dealkylation sites (tertiary alicyclic amines) is 1. The summed E-state index contributed by atoms with van der Waals surface area (Å²) in [7, 11) is 0. The Balaban J connectivity index is 2.42. The molecule has 0 bridgehead atoms. The predicted molar refractivity (Wildman–Crippen MR) is 66.9 cm³/mol. The molecule has 1 rings (SSSR count). The number of hydrogen-bond acceptors (Lipinski definition) is 3. The molecule has 1 heterocycles. The van der Waals surface area contributed by atoms with Crippen LogP contribution in [0.4, 0.5) is 13.2 Å². The van der Waals surface area contributed by atoms with Crippen LogP contribution >= 0.6 is 0 Å². The van der Waals surface area contributed by atoms with Crippen LogP contribution in [0.1, 0.15) is 20.3 Å². The molecular weight excluding hydrogens is 275 g/mol. The summed E-state index contributed by atoms with van der Waals surface area (Å²) in [5.74, 6) is -1.69. The normalized spacial score (nSPS) is 21.1. The summed E-state index contributed by atoms with van der Waals surface area (Å²) < 4.78 is 36.7. The zero-order valence-electron chi connectivity index (χ0n) is 11.6. The second-order valence-corrected chi connectivity index (χ2v) is 4.99. The maximum absolute atomic E-state index is 12.2. The quantitative estimate of drug-likeness (QED) is 0.750. The third-order valence-electron chi connectivity index (χ3n) is 3.09. The van der Waals surface area contributed by atoms with Crippen LogP contribution in [0.15, 0.2) is 0 Å². The highest BCUT2D eigenvalue weighted by Crippen LogP contribution is 2.23. The van der Waals surface area contributed by atoms with E-state index in [0.717, 1.165) is 6.54 Å². The second kappa shape index (κ2) is 6.92. The van der Waals surface area contributed by atoms with E-state index in [1.165, 1.54) is 0 Å². The van der Waals surface area contributed by atoms with Crippen molar-refractivity contribution in [1.29, 1.82) is 0 Å². The van der Waals surface area contributed by atoms with Gasteiger partial charge in [0.15, 0.2) is 0 Å². The molecule has 0 radical (unpaired) electrons. The molecule has 1 saturated heterocycles. The van der Waals surface area contributed by atoms with Gasteiger partial charge in [-0.3, -0.25) is 9.59 Å². The molecule has 1 unspecified atom stereocenters. The first-order valence-electron chi connectivity index (χ1n) is 6.58. The highest BCUT2D eigenvalue weighted by Gasteiger charge is 2.40. The molecule has 0 saturated carbocycles. The number of nitrogens with zero attached hydrogens (tertiary/aromatic N) is 1. The third-order valence-corrected chi connectivity index (χ3v) is 3.09. The van der Waals surface area contributed by atoms with Crippen LogP contribution < -0.4 is 10.6 Å². The SMILES string of the molecule is CCN[C@H](C)CNC(=O)C1CC(=O)N(CC(F)(F)F)C1. The minimum Gasteiger partial charge on any atom is -0.354 e. The lowest BCUT2D eigenvalue weighted by molar-refractivity contribution is -0.157. The molecule has 1 fully saturated rings. The van der Waals surface area contributed by atoms with Gasteiger partial charge in [0.1, 0.15) is 6.54 Å². The first-order chi connectivity index (χ1) is 9.23. The van der Waals surface area contributed by atoms with Gasteiger partial charge in [0.2, 0.25) is 11.8 Å². The number of likely N-dealkylation sites (N-methyl/N-ethyl adjacent to an activating group) is 1. The average molecular weight is 295 g/mol. The van der Waals surface area contributed by atoms with Gasteiger partial charge >= 0.3 is 6.18 Å². The maximum Gasteiger partial charge on any atom is 0.406 e. The van der Waals surface area contributed by atoms with Crippen LogP contribution in [0.25, 0.3) is 0 Å². The number of nitrogens with one attached hydrogen (secondary N) is 2. The minimum absolute atomic E-state index is 0.0762. The molecule has 20 heavy (non-hydrogen) atoms. The molecule has 2 N–H and O–H groups in total. The summed E-state index contributed by atoms with van der Waals surface area (Å²) in [5.41, 5.74) is 0. The van der Waals surface area contributed by atoms with Crippen molar-refractivity contribution in [3.63, 3.8) is 0 Å². The third kappa shape index (κ3) is 5.36. The van der Waals surface area contributed by atoms with Crippen LogP contribution in [0.5, 0.6) is 0 Å². The van der Waals surface area contributed by atoms with Crippen molar-refractivity contribution in [1.82, 2.24) is 15.5 Å². The summed E-state index contributed by atoms with van der Waals surface area (Å²) in [5, 5.41) is 5.75. The van der Waals surface area contributed by atoms with E-state index in [0.29, 0.717) is 11.4 Å². The maximum atomic E-state index is 12.2. The van der Waals surface area contributed by atoms with Crippen LogP contribution in [0.3, 0.4) is 0 Å². The Morgan fingerprint density at radius 1 is 1.50 bits per heavy atom. The smallest absolute Gasteiger partial charge is 0.354 e. The standard InChI is InChI=1S/C12H20F3N3O2/c1-3-16-8(2)5-17-11(20)9-4-10(19)18(6-9)7-12(13,14)15/h8-9,16H,3-7H2,1-2H3,(H,17,20)/t8-,9?/m1/s1. The molecule has 0 aromatic carbocycles. The Hall–Kier alpha value is -1.31. The fourth-order valence-corrected chi connectivity index (χ4v) is 2.14. The number of halogens is 3. The van der Waals surface area contributed by atoms with E-state index in [4.69, 9.17) is 0 Å². The number of carbonyl (C=O) groups excluding carboxylic acids is 2. The van der Waals surface area contributed by atoms with Crippen molar-refractivity contribution in [3.05, 3.63) is 0 Å². The van der Waals surface area contributed by atoms with Gasteiger partial charge < -0.3 is 15.5 Å². The number of alkyl halides is 3. The number of carbonyl (C=O) groups is 2. The van der Waals surface area contributed by atoms with Gasteiger partial charge in [0.05, 0.1) is 5.92 Å². The van der Waals surface area contributed by atoms with Gasteiger partial charge in [-0.1, -0.05) is 6.92 Å². The highest BCUT2D eigenvalue weighted by molar-refractivity contribution is 5.89. The molecule has 2 amide bonds. The van der Waals surface area contributed by atoms with Gasteiger partial charge in [-0.25, -0.2) is 0 Å². The largest absolute Gasteiger partial charge is 0.406 e. The first-order valence-corrected chi connectivity index (χ1v) is 6.58. The number of rotatable bonds is 6. The van der Waals surface area contributed by atoms with Gasteiger partial charge in [0.25, 0.3) is 0 Å². The summed E-state index contributed by atoms with van der Waals surface area (Å²) in [6, 6.07) is 0.0762. The van der Waals surface area contributed by atoms with Crippen LogP contribution in [-0.4, -0.2) is 55.1 Å². The molecule has 0 aromatic rings. The lowest BCUT2D eigenvalue weighted by atomic mass is 10.1. The Morgan fingerprint density at radius 3 is 2.70 bits per heavy atom. The first kappa shape index (κ1) is 16.7. The second-order valence-electron chi connectivity index (χ2n) is 4.99. The minimum atomic E-state index is -4.43. The number of hydrogen-bond donors (Lipinski definition) is 2. The fraction of sp³-hybridized carbons (Fsp3) is 0.833. The molecule has 8 heteroatoms. The van der Waals surface area contributed by atoms with Crippen molar-refractivity contribution < 1.29 is 22.8 Å². The van der Waals surface area contributed by atoms with Crippen molar-refractivity contribution in [3.8, 4) is 0 Å². The molecule has 0 aromatic heterocycles. The van der Waals surface area contributed by atoms with Gasteiger partial charge in [-0.2, -0.15) is 13.2 Å². The highest BCUT2D eigenvalue weighted by atomic mass is 19.4. The molecule has 5 nitrogen and oxygen atoms in total. The van der Waals surface area contributed by atoms with E-state index in [9.17, 15) is 22.8 Å². The van der Waals surface area contributed by atoms with Gasteiger partial charge in [0, 0.05) is 25.6 Å². The van der Waals surface area contributed by atoms with E-state index in [-0.39, 0.29) is 24.9 Å². The topological polar surface area (TPSA) is 61.4 Å². The Bertz CT molecular complexity index is 360. The average Bonchev–Trinajstić information content (AvgIpc) is 2.66. The van der Waals surface area contributed by atoms with Crippen LogP contribution in [0.2, 0.25) is 0 Å². The van der Waals surface area contributed by atoms with Crippen LogP contribution in [0, 0.1) is 5.92 Å². The number of amides is 2. The fourth-order valence-electron chi connectivity index (χ4n) is 2.14. The van der Waals surface area contributed by atoms with E-state index in [1.54, 1.807) is 0 Å². The van der Waals surface area contributed by atoms with Crippen molar-refractivity contribution in [2.24, 2.45) is 5.92 Å². The predicted octanol–water partition coefficient (Wildman–Crippen LogP) is 0.511. The summed E-state index contributed by atoms with van der Waals surface area (Å²) in [6.07, 6.45) is -4.59. The zero-order valence-corrected chi connectivity index (χ0v) is 11.6. The lowest BCUT2D eigenvalue weighted by Gasteiger charge is -2.18. The Kier molecular flexibility index (Phi) is 5.79. The molecule has 0 aliphatic carbocycles. The summed E-state index contributed by atoms with van der Waals surface area (Å²) in [4.78, 5) is 23.9. The Morgan fingerprint density at radius 2 is 2.15 bits per heavy atom. The monoisotopic (exact) mass is 295 g/mol. The molecular formula is C12H20F3N3O2. The van der Waals surface area contributed by atoms with Gasteiger partial charge in [-0.15, -0.1) is 0 Å². The van der Waals surface area contributed by atoms with Crippen LogP contribution in [-0.2, 0) is 9.59 Å². The molecule has 2 atom stereocenters. The van der Waals surface area contributed by atoms with E-state index in [1.807, 2.05) is 13.8 Å². The van der Waals surface area contributed by atoms with E-state index in [2.05, 4.69) is 10.6 Å².